The van der Waals surface area contributed by atoms with Gasteiger partial charge in [-0.1, -0.05) is 42.5 Å². The topological polar surface area (TPSA) is 87.0 Å². The molecule has 0 saturated carbocycles. The number of nitrogens with zero attached hydrogens (tertiary/aromatic N) is 4. The van der Waals surface area contributed by atoms with E-state index in [1.54, 1.807) is 0 Å². The van der Waals surface area contributed by atoms with Crippen LogP contribution in [-0.2, 0) is 28.8 Å². The minimum atomic E-state index is -0.731. The monoisotopic (exact) mass is 376 g/mol. The molecule has 1 atom stereocenters. The summed E-state index contributed by atoms with van der Waals surface area (Å²) in [4.78, 5) is 25.2. The Morgan fingerprint density at radius 3 is 2.68 bits per heavy atom. The summed E-state index contributed by atoms with van der Waals surface area (Å²) >= 11 is 0. The Hall–Kier alpha value is -3.35. The lowest BCUT2D eigenvalue weighted by molar-refractivity contribution is -0.146. The fraction of sp³-hybridized carbons (Fsp3) is 0.286. The van der Waals surface area contributed by atoms with Gasteiger partial charge in [0.15, 0.2) is 18.4 Å². The van der Waals surface area contributed by atoms with E-state index in [0.717, 1.165) is 24.8 Å². The van der Waals surface area contributed by atoms with Crippen molar-refractivity contribution in [2.45, 2.75) is 31.7 Å². The lowest BCUT2D eigenvalue weighted by Crippen LogP contribution is -2.26. The van der Waals surface area contributed by atoms with Gasteiger partial charge in [0.1, 0.15) is 6.33 Å². The minimum absolute atomic E-state index is 0.210. The number of hydrogen-bond acceptors (Lipinski definition) is 6. The van der Waals surface area contributed by atoms with Crippen LogP contribution in [0, 0.1) is 0 Å². The Bertz CT molecular complexity index is 971. The summed E-state index contributed by atoms with van der Waals surface area (Å²) in [5, 5.41) is 11.0. The molecule has 1 aliphatic rings. The predicted molar refractivity (Wildman–Crippen MR) is 101 cm³/mol. The zero-order valence-electron chi connectivity index (χ0n) is 15.3. The van der Waals surface area contributed by atoms with Gasteiger partial charge in [-0.15, -0.1) is 5.10 Å². The van der Waals surface area contributed by atoms with Gasteiger partial charge in [0.2, 0.25) is 0 Å². The van der Waals surface area contributed by atoms with Crippen LogP contribution < -0.4 is 0 Å². The maximum Gasteiger partial charge on any atom is 0.331 e. The van der Waals surface area contributed by atoms with E-state index in [2.05, 4.69) is 15.5 Å². The van der Waals surface area contributed by atoms with Crippen LogP contribution in [-0.4, -0.2) is 38.6 Å². The van der Waals surface area contributed by atoms with Crippen molar-refractivity contribution in [3.63, 3.8) is 0 Å². The third kappa shape index (κ3) is 3.98. The molecular weight excluding hydrogens is 356 g/mol. The predicted octanol–water partition coefficient (Wildman–Crippen LogP) is 2.37. The van der Waals surface area contributed by atoms with Crippen molar-refractivity contribution in [2.24, 2.45) is 0 Å². The van der Waals surface area contributed by atoms with Gasteiger partial charge in [0.25, 0.3) is 0 Å². The van der Waals surface area contributed by atoms with Gasteiger partial charge in [-0.3, -0.25) is 4.79 Å². The van der Waals surface area contributed by atoms with E-state index in [1.807, 2.05) is 48.5 Å². The van der Waals surface area contributed by atoms with E-state index in [-0.39, 0.29) is 12.4 Å². The van der Waals surface area contributed by atoms with Crippen molar-refractivity contribution in [1.82, 2.24) is 20.2 Å². The average molecular weight is 376 g/mol. The first kappa shape index (κ1) is 18.0. The summed E-state index contributed by atoms with van der Waals surface area (Å²) in [6, 6.07) is 14.5. The van der Waals surface area contributed by atoms with Gasteiger partial charge in [0.05, 0.1) is 0 Å². The van der Waals surface area contributed by atoms with Gasteiger partial charge < -0.3 is 4.74 Å². The molecule has 0 unspecified atom stereocenters. The third-order valence-electron chi connectivity index (χ3n) is 4.99. The first-order valence-corrected chi connectivity index (χ1v) is 9.29. The van der Waals surface area contributed by atoms with Crippen LogP contribution in [0.2, 0.25) is 0 Å². The molecule has 1 heterocycles. The number of Topliss-reactive ketones (excluding diaryl/α,β-unsaturated/α-hetero) is 1. The van der Waals surface area contributed by atoms with Gasteiger partial charge in [-0.25, -0.2) is 9.48 Å². The number of tetrazole rings is 1. The second-order valence-electron chi connectivity index (χ2n) is 6.86. The third-order valence-corrected chi connectivity index (χ3v) is 4.99. The molecule has 1 aliphatic carbocycles. The summed E-state index contributed by atoms with van der Waals surface area (Å²) in [6.07, 6.45) is 4.92. The summed E-state index contributed by atoms with van der Waals surface area (Å²) in [5.74, 6) is -0.746. The number of carbonyl (C=O) groups excluding carboxylic acids is 2. The smallest absolute Gasteiger partial charge is 0.331 e. The standard InChI is InChI=1S/C21H20N4O3/c26-20(18-10-9-16-7-4-8-17(16)12-18)13-28-21(27)19(25-14-22-23-24-25)11-15-5-2-1-3-6-15/h1-3,5-6,9-10,12,14,19H,4,7-8,11,13H2/t19-/m1/s1. The number of benzene rings is 2. The molecule has 0 saturated heterocycles. The summed E-state index contributed by atoms with van der Waals surface area (Å²) in [6.45, 7) is -0.301. The molecule has 7 nitrogen and oxygen atoms in total. The molecule has 142 valence electrons. The van der Waals surface area contributed by atoms with E-state index in [1.165, 1.54) is 22.1 Å². The molecule has 0 aliphatic heterocycles. The Kier molecular flexibility index (Phi) is 5.23. The number of aromatic nitrogens is 4. The molecule has 7 heteroatoms. The lowest BCUT2D eigenvalue weighted by Gasteiger charge is -2.15. The fourth-order valence-electron chi connectivity index (χ4n) is 3.49. The summed E-state index contributed by atoms with van der Waals surface area (Å²) in [5.41, 5.74) is 4.04. The number of esters is 1. The van der Waals surface area contributed by atoms with E-state index < -0.39 is 12.0 Å². The van der Waals surface area contributed by atoms with Crippen molar-refractivity contribution >= 4 is 11.8 Å². The minimum Gasteiger partial charge on any atom is -0.456 e. The van der Waals surface area contributed by atoms with E-state index >= 15 is 0 Å². The Morgan fingerprint density at radius 1 is 1.07 bits per heavy atom. The van der Waals surface area contributed by atoms with Gasteiger partial charge in [0, 0.05) is 12.0 Å². The number of rotatable bonds is 7. The molecule has 0 bridgehead atoms. The average Bonchev–Trinajstić information content (AvgIpc) is 3.42. The largest absolute Gasteiger partial charge is 0.456 e. The molecule has 0 spiro atoms. The van der Waals surface area contributed by atoms with E-state index in [0.29, 0.717) is 12.0 Å². The van der Waals surface area contributed by atoms with Crippen LogP contribution in [0.1, 0.15) is 39.5 Å². The highest BCUT2D eigenvalue weighted by molar-refractivity contribution is 5.98. The normalized spacial score (nSPS) is 13.7. The number of fused-ring (bicyclic) bond motifs is 1. The van der Waals surface area contributed by atoms with Crippen LogP contribution >= 0.6 is 0 Å². The molecule has 0 radical (unpaired) electrons. The van der Waals surface area contributed by atoms with E-state index in [9.17, 15) is 9.59 Å². The van der Waals surface area contributed by atoms with Gasteiger partial charge in [-0.2, -0.15) is 0 Å². The van der Waals surface area contributed by atoms with Crippen LogP contribution in [0.5, 0.6) is 0 Å². The highest BCUT2D eigenvalue weighted by Gasteiger charge is 2.25. The molecule has 4 rings (SSSR count). The fourth-order valence-corrected chi connectivity index (χ4v) is 3.49. The molecule has 3 aromatic rings. The maximum absolute atomic E-state index is 12.7. The summed E-state index contributed by atoms with van der Waals surface area (Å²) in [7, 11) is 0. The van der Waals surface area contributed by atoms with Crippen LogP contribution in [0.4, 0.5) is 0 Å². The Labute approximate surface area is 162 Å². The quantitative estimate of drug-likeness (QED) is 0.465. The molecular formula is C21H20N4O3. The number of ether oxygens (including phenoxy) is 1. The number of hydrogen-bond donors (Lipinski definition) is 0. The lowest BCUT2D eigenvalue weighted by atomic mass is 10.0. The van der Waals surface area contributed by atoms with Crippen LogP contribution in [0.3, 0.4) is 0 Å². The highest BCUT2D eigenvalue weighted by Crippen LogP contribution is 2.23. The number of ketones is 1. The molecule has 0 N–H and O–H groups in total. The van der Waals surface area contributed by atoms with Crippen molar-refractivity contribution in [3.05, 3.63) is 77.1 Å². The number of carbonyl (C=O) groups is 2. The Balaban J connectivity index is 1.43. The molecule has 1 aromatic heterocycles. The first-order valence-electron chi connectivity index (χ1n) is 9.29. The van der Waals surface area contributed by atoms with Crippen molar-refractivity contribution < 1.29 is 14.3 Å². The summed E-state index contributed by atoms with van der Waals surface area (Å²) < 4.78 is 6.69. The molecule has 0 fully saturated rings. The second kappa shape index (κ2) is 8.12. The molecule has 28 heavy (non-hydrogen) atoms. The highest BCUT2D eigenvalue weighted by atomic mass is 16.5. The van der Waals surface area contributed by atoms with Crippen LogP contribution in [0.25, 0.3) is 0 Å². The van der Waals surface area contributed by atoms with Crippen molar-refractivity contribution in [3.8, 4) is 0 Å². The zero-order chi connectivity index (χ0) is 19.3. The SMILES string of the molecule is O=C(COC(=O)[C@@H](Cc1ccccc1)n1cnnn1)c1ccc2c(c1)CCC2. The first-order chi connectivity index (χ1) is 13.7. The molecule has 2 aromatic carbocycles. The van der Waals surface area contributed by atoms with E-state index in [4.69, 9.17) is 4.74 Å². The molecule has 0 amide bonds. The number of aryl methyl sites for hydroxylation is 2. The zero-order valence-corrected chi connectivity index (χ0v) is 15.3. The van der Waals surface area contributed by atoms with Crippen LogP contribution in [0.15, 0.2) is 54.9 Å². The van der Waals surface area contributed by atoms with Gasteiger partial charge >= 0.3 is 5.97 Å². The van der Waals surface area contributed by atoms with Gasteiger partial charge in [-0.05, 0) is 52.4 Å². The maximum atomic E-state index is 12.7. The Morgan fingerprint density at radius 2 is 1.89 bits per heavy atom. The van der Waals surface area contributed by atoms with Crippen molar-refractivity contribution in [2.75, 3.05) is 6.61 Å². The second-order valence-corrected chi connectivity index (χ2v) is 6.86. The van der Waals surface area contributed by atoms with Crippen molar-refractivity contribution in [1.29, 1.82) is 0 Å².